The lowest BCUT2D eigenvalue weighted by Crippen LogP contribution is -2.09. The molecule has 0 aromatic rings. The molecule has 0 aliphatic rings. The van der Waals surface area contributed by atoms with Gasteiger partial charge in [-0.15, -0.1) is 0 Å². The largest absolute Gasteiger partial charge is 0.279 e. The highest BCUT2D eigenvalue weighted by Crippen LogP contribution is 1.79. The number of hydrogen-bond acceptors (Lipinski definition) is 2. The monoisotopic (exact) mass is 116 g/mol. The van der Waals surface area contributed by atoms with Gasteiger partial charge in [0.2, 0.25) is 0 Å². The van der Waals surface area contributed by atoms with Gasteiger partial charge in [0.05, 0.1) is 7.11 Å². The van der Waals surface area contributed by atoms with Crippen molar-refractivity contribution >= 4 is 6.34 Å². The molecule has 48 valence electrons. The Morgan fingerprint density at radius 3 is 2.62 bits per heavy atom. The minimum Gasteiger partial charge on any atom is -0.279 e. The van der Waals surface area contributed by atoms with E-state index >= 15 is 0 Å². The van der Waals surface area contributed by atoms with Gasteiger partial charge in [0.15, 0.2) is 0 Å². The van der Waals surface area contributed by atoms with Crippen LogP contribution >= 0.6 is 0 Å². The van der Waals surface area contributed by atoms with Gasteiger partial charge in [-0.05, 0) is 13.8 Å². The summed E-state index contributed by atoms with van der Waals surface area (Å²) in [6.07, 6.45) is 1.53. The molecule has 0 fully saturated rings. The number of nitrogens with zero attached hydrogens (tertiary/aromatic N) is 1. The summed E-state index contributed by atoms with van der Waals surface area (Å²) in [5, 5.41) is 0. The third-order valence-corrected chi connectivity index (χ3v) is 0.543. The highest BCUT2D eigenvalue weighted by atomic mass is 16.6. The van der Waals surface area contributed by atoms with Gasteiger partial charge >= 0.3 is 0 Å². The van der Waals surface area contributed by atoms with E-state index in [-0.39, 0.29) is 0 Å². The summed E-state index contributed by atoms with van der Waals surface area (Å²) in [7, 11) is 1.55. The lowest BCUT2D eigenvalue weighted by atomic mass is 10.4. The summed E-state index contributed by atoms with van der Waals surface area (Å²) in [4.78, 5) is 8.45. The second kappa shape index (κ2) is 4.59. The number of nitrogens with one attached hydrogen (secondary N) is 1. The molecule has 0 radical (unpaired) electrons. The quantitative estimate of drug-likeness (QED) is 0.332. The number of rotatable bonds is 3. The molecular weight excluding hydrogens is 104 g/mol. The van der Waals surface area contributed by atoms with E-state index in [0.29, 0.717) is 6.04 Å². The zero-order valence-electron chi connectivity index (χ0n) is 5.51. The molecule has 0 amide bonds. The highest BCUT2D eigenvalue weighted by molar-refractivity contribution is 5.52. The summed E-state index contributed by atoms with van der Waals surface area (Å²) in [6, 6.07) is 0.331. The second-order valence-electron chi connectivity index (χ2n) is 1.69. The smallest absolute Gasteiger partial charge is 0.107 e. The van der Waals surface area contributed by atoms with Gasteiger partial charge < -0.3 is 0 Å². The van der Waals surface area contributed by atoms with E-state index in [2.05, 4.69) is 15.3 Å². The van der Waals surface area contributed by atoms with E-state index in [1.807, 2.05) is 13.8 Å². The van der Waals surface area contributed by atoms with Gasteiger partial charge in [0, 0.05) is 6.04 Å². The summed E-state index contributed by atoms with van der Waals surface area (Å²) in [5.41, 5.74) is 2.49. The fourth-order valence-electron chi connectivity index (χ4n) is 0.232. The lowest BCUT2D eigenvalue weighted by Gasteiger charge is -1.94. The summed E-state index contributed by atoms with van der Waals surface area (Å²) in [5.74, 6) is 0. The summed E-state index contributed by atoms with van der Waals surface area (Å²) >= 11 is 0. The Labute approximate surface area is 49.7 Å². The van der Waals surface area contributed by atoms with E-state index in [9.17, 15) is 0 Å². The highest BCUT2D eigenvalue weighted by Gasteiger charge is 1.79. The number of hydroxylamine groups is 1. The SMILES string of the molecule is CONC=NC(C)C. The Morgan fingerprint density at radius 1 is 1.62 bits per heavy atom. The zero-order valence-corrected chi connectivity index (χ0v) is 5.51. The minimum absolute atomic E-state index is 0.331. The molecule has 0 heterocycles. The molecule has 0 rings (SSSR count). The molecule has 0 aromatic carbocycles. The van der Waals surface area contributed by atoms with Crippen LogP contribution in [0.15, 0.2) is 4.99 Å². The molecule has 3 nitrogen and oxygen atoms in total. The average molecular weight is 116 g/mol. The molecule has 1 N–H and O–H groups in total. The van der Waals surface area contributed by atoms with Crippen molar-refractivity contribution < 1.29 is 4.84 Å². The predicted molar refractivity (Wildman–Crippen MR) is 33.8 cm³/mol. The first-order chi connectivity index (χ1) is 3.77. The first-order valence-corrected chi connectivity index (χ1v) is 2.57. The molecule has 0 aromatic heterocycles. The van der Waals surface area contributed by atoms with Crippen LogP contribution in [0.3, 0.4) is 0 Å². The van der Waals surface area contributed by atoms with Crippen LogP contribution < -0.4 is 5.48 Å². The standard InChI is InChI=1S/C5H12N2O/c1-5(2)6-4-7-8-3/h4-5H,1-3H3,(H,6,7). The molecule has 3 heteroatoms. The van der Waals surface area contributed by atoms with Gasteiger partial charge in [-0.3, -0.25) is 15.3 Å². The third-order valence-electron chi connectivity index (χ3n) is 0.543. The third kappa shape index (κ3) is 5.43. The van der Waals surface area contributed by atoms with E-state index in [1.165, 1.54) is 6.34 Å². The molecule has 0 saturated heterocycles. The average Bonchev–Trinajstić information content (AvgIpc) is 1.66. The topological polar surface area (TPSA) is 33.6 Å². The van der Waals surface area contributed by atoms with Crippen LogP contribution in [0.2, 0.25) is 0 Å². The molecular formula is C5H12N2O. The van der Waals surface area contributed by atoms with E-state index in [0.717, 1.165) is 0 Å². The maximum atomic E-state index is 4.49. The summed E-state index contributed by atoms with van der Waals surface area (Å²) in [6.45, 7) is 3.99. The van der Waals surface area contributed by atoms with Crippen LogP contribution in [0.4, 0.5) is 0 Å². The van der Waals surface area contributed by atoms with E-state index in [4.69, 9.17) is 0 Å². The van der Waals surface area contributed by atoms with Crippen molar-refractivity contribution in [3.8, 4) is 0 Å². The van der Waals surface area contributed by atoms with Crippen molar-refractivity contribution in [1.29, 1.82) is 0 Å². The van der Waals surface area contributed by atoms with Crippen LogP contribution in [-0.4, -0.2) is 19.5 Å². The van der Waals surface area contributed by atoms with Crippen LogP contribution in [-0.2, 0) is 4.84 Å². The fraction of sp³-hybridized carbons (Fsp3) is 0.800. The number of aliphatic imine (C=N–C) groups is 1. The molecule has 0 aliphatic carbocycles. The maximum absolute atomic E-state index is 4.49. The van der Waals surface area contributed by atoms with Crippen LogP contribution in [0, 0.1) is 0 Å². The van der Waals surface area contributed by atoms with Gasteiger partial charge in [0.1, 0.15) is 6.34 Å². The van der Waals surface area contributed by atoms with Crippen LogP contribution in [0.25, 0.3) is 0 Å². The Bertz CT molecular complexity index is 70.8. The Morgan fingerprint density at radius 2 is 2.25 bits per heavy atom. The van der Waals surface area contributed by atoms with Gasteiger partial charge in [0.25, 0.3) is 0 Å². The Balaban J connectivity index is 3.07. The maximum Gasteiger partial charge on any atom is 0.107 e. The van der Waals surface area contributed by atoms with Crippen molar-refractivity contribution in [2.75, 3.05) is 7.11 Å². The molecule has 8 heavy (non-hydrogen) atoms. The Kier molecular flexibility index (Phi) is 4.26. The second-order valence-corrected chi connectivity index (χ2v) is 1.69. The number of hydrogen-bond donors (Lipinski definition) is 1. The van der Waals surface area contributed by atoms with Crippen molar-refractivity contribution in [1.82, 2.24) is 5.48 Å². The van der Waals surface area contributed by atoms with Gasteiger partial charge in [-0.2, -0.15) is 0 Å². The molecule has 0 spiro atoms. The fourth-order valence-corrected chi connectivity index (χ4v) is 0.232. The minimum atomic E-state index is 0.331. The van der Waals surface area contributed by atoms with Crippen LogP contribution in [0.1, 0.15) is 13.8 Å². The first kappa shape index (κ1) is 7.43. The summed E-state index contributed by atoms with van der Waals surface area (Å²) < 4.78 is 0. The zero-order chi connectivity index (χ0) is 6.41. The molecule has 0 unspecified atom stereocenters. The molecule has 0 bridgehead atoms. The lowest BCUT2D eigenvalue weighted by molar-refractivity contribution is 0.148. The van der Waals surface area contributed by atoms with Crippen LogP contribution in [0.5, 0.6) is 0 Å². The predicted octanol–water partition coefficient (Wildman–Crippen LogP) is 0.574. The van der Waals surface area contributed by atoms with Crippen molar-refractivity contribution in [3.63, 3.8) is 0 Å². The Hall–Kier alpha value is -0.570. The first-order valence-electron chi connectivity index (χ1n) is 2.57. The van der Waals surface area contributed by atoms with Crippen molar-refractivity contribution in [2.24, 2.45) is 4.99 Å². The molecule has 0 aliphatic heterocycles. The van der Waals surface area contributed by atoms with Gasteiger partial charge in [-0.1, -0.05) is 0 Å². The molecule has 0 atom stereocenters. The van der Waals surface area contributed by atoms with Crippen molar-refractivity contribution in [2.45, 2.75) is 19.9 Å². The molecule has 0 saturated carbocycles. The van der Waals surface area contributed by atoms with Crippen molar-refractivity contribution in [3.05, 3.63) is 0 Å². The normalized spacial score (nSPS) is 11.0. The van der Waals surface area contributed by atoms with E-state index in [1.54, 1.807) is 7.11 Å². The van der Waals surface area contributed by atoms with E-state index < -0.39 is 0 Å². The van der Waals surface area contributed by atoms with Gasteiger partial charge in [-0.25, -0.2) is 0 Å².